The summed E-state index contributed by atoms with van der Waals surface area (Å²) in [6.07, 6.45) is 0. The van der Waals surface area contributed by atoms with Crippen LogP contribution in [0.1, 0.15) is 18.1 Å². The predicted molar refractivity (Wildman–Crippen MR) is 46.6 cm³/mol. The summed E-state index contributed by atoms with van der Waals surface area (Å²) < 4.78 is 27.1. The third-order valence-corrected chi connectivity index (χ3v) is 2.39. The normalized spacial score (nSPS) is 27.0. The molecule has 13 heavy (non-hydrogen) atoms. The summed E-state index contributed by atoms with van der Waals surface area (Å²) >= 11 is 0. The highest BCUT2D eigenvalue weighted by Crippen LogP contribution is 2.32. The molecule has 0 aliphatic carbocycles. The lowest BCUT2D eigenvalue weighted by molar-refractivity contribution is 0.166. The molecular formula is C10H11F2N. The van der Waals surface area contributed by atoms with Crippen LogP contribution >= 0.6 is 0 Å². The van der Waals surface area contributed by atoms with E-state index in [0.29, 0.717) is 6.54 Å². The molecule has 1 aliphatic rings. The molecule has 70 valence electrons. The largest absolute Gasteiger partial charge is 0.309 e. The van der Waals surface area contributed by atoms with Crippen LogP contribution in [0, 0.1) is 5.82 Å². The highest BCUT2D eigenvalue weighted by atomic mass is 19.1. The minimum absolute atomic E-state index is 0.181. The Morgan fingerprint density at radius 2 is 2.23 bits per heavy atom. The van der Waals surface area contributed by atoms with Gasteiger partial charge in [0.1, 0.15) is 11.5 Å². The third-order valence-electron chi connectivity index (χ3n) is 2.39. The summed E-state index contributed by atoms with van der Waals surface area (Å²) in [7, 11) is 0. The van der Waals surface area contributed by atoms with Crippen molar-refractivity contribution in [2.24, 2.45) is 0 Å². The Balaban J connectivity index is 2.61. The van der Waals surface area contributed by atoms with Gasteiger partial charge < -0.3 is 5.32 Å². The summed E-state index contributed by atoms with van der Waals surface area (Å²) in [5.41, 5.74) is -0.649. The summed E-state index contributed by atoms with van der Waals surface area (Å²) in [6, 6.07) is 4.67. The molecule has 0 saturated heterocycles. The molecule has 1 unspecified atom stereocenters. The van der Waals surface area contributed by atoms with Crippen LogP contribution in [-0.2, 0) is 12.2 Å². The van der Waals surface area contributed by atoms with Crippen molar-refractivity contribution < 1.29 is 8.78 Å². The molecule has 2 rings (SSSR count). The minimum atomic E-state index is -1.58. The minimum Gasteiger partial charge on any atom is -0.309 e. The fraction of sp³-hybridized carbons (Fsp3) is 0.400. The molecule has 0 fully saturated rings. The molecule has 1 nitrogen and oxygen atoms in total. The zero-order valence-electron chi connectivity index (χ0n) is 7.40. The van der Waals surface area contributed by atoms with Crippen molar-refractivity contribution in [1.82, 2.24) is 5.32 Å². The van der Waals surface area contributed by atoms with Gasteiger partial charge in [-0.15, -0.1) is 0 Å². The predicted octanol–water partition coefficient (Wildman–Crippen LogP) is 2.11. The van der Waals surface area contributed by atoms with E-state index in [2.05, 4.69) is 5.32 Å². The van der Waals surface area contributed by atoms with E-state index in [1.54, 1.807) is 12.1 Å². The number of alkyl halides is 1. The fourth-order valence-electron chi connectivity index (χ4n) is 1.82. The molecule has 0 bridgehead atoms. The molecule has 1 aromatic rings. The lowest BCUT2D eigenvalue weighted by Gasteiger charge is -2.29. The van der Waals surface area contributed by atoms with Gasteiger partial charge in [0, 0.05) is 18.7 Å². The third kappa shape index (κ3) is 1.33. The van der Waals surface area contributed by atoms with Gasteiger partial charge in [-0.1, -0.05) is 12.1 Å². The van der Waals surface area contributed by atoms with Gasteiger partial charge in [0.25, 0.3) is 0 Å². The van der Waals surface area contributed by atoms with Crippen LogP contribution in [0.5, 0.6) is 0 Å². The van der Waals surface area contributed by atoms with Gasteiger partial charge >= 0.3 is 0 Å². The number of hydrogen-bond donors (Lipinski definition) is 1. The molecule has 0 radical (unpaired) electrons. The van der Waals surface area contributed by atoms with Crippen LogP contribution in [0.25, 0.3) is 0 Å². The standard InChI is InChI=1S/C10H11F2N/c1-10(12)6-13-5-7-3-2-4-8(11)9(7)10/h2-4,13H,5-6H2,1H3. The van der Waals surface area contributed by atoms with Crippen LogP contribution in [-0.4, -0.2) is 6.54 Å². The van der Waals surface area contributed by atoms with Crippen molar-refractivity contribution >= 4 is 0 Å². The van der Waals surface area contributed by atoms with Gasteiger partial charge in [-0.25, -0.2) is 8.78 Å². The molecule has 0 amide bonds. The molecule has 1 aromatic carbocycles. The Morgan fingerprint density at radius 3 is 2.92 bits per heavy atom. The Hall–Kier alpha value is -0.960. The summed E-state index contributed by atoms with van der Waals surface area (Å²) in [4.78, 5) is 0. The van der Waals surface area contributed by atoms with Crippen LogP contribution in [0.4, 0.5) is 8.78 Å². The fourth-order valence-corrected chi connectivity index (χ4v) is 1.82. The van der Waals surface area contributed by atoms with Crippen LogP contribution in [0.2, 0.25) is 0 Å². The van der Waals surface area contributed by atoms with E-state index in [1.807, 2.05) is 0 Å². The Kier molecular flexibility index (Phi) is 1.84. The monoisotopic (exact) mass is 183 g/mol. The maximum absolute atomic E-state index is 13.8. The van der Waals surface area contributed by atoms with Crippen molar-refractivity contribution in [3.8, 4) is 0 Å². The highest BCUT2D eigenvalue weighted by molar-refractivity contribution is 5.35. The Morgan fingerprint density at radius 1 is 1.46 bits per heavy atom. The van der Waals surface area contributed by atoms with E-state index in [1.165, 1.54) is 13.0 Å². The van der Waals surface area contributed by atoms with Crippen LogP contribution in [0.3, 0.4) is 0 Å². The second-order valence-electron chi connectivity index (χ2n) is 3.57. The first-order chi connectivity index (χ1) is 6.11. The average molecular weight is 183 g/mol. The topological polar surface area (TPSA) is 12.0 Å². The van der Waals surface area contributed by atoms with Crippen LogP contribution in [0.15, 0.2) is 18.2 Å². The molecule has 0 saturated carbocycles. The van der Waals surface area contributed by atoms with Gasteiger partial charge in [-0.3, -0.25) is 0 Å². The average Bonchev–Trinajstić information content (AvgIpc) is 2.02. The first-order valence-electron chi connectivity index (χ1n) is 4.29. The van der Waals surface area contributed by atoms with Gasteiger partial charge in [0.15, 0.2) is 0 Å². The zero-order chi connectivity index (χ0) is 9.47. The maximum Gasteiger partial charge on any atom is 0.148 e. The van der Waals surface area contributed by atoms with Crippen molar-refractivity contribution in [2.75, 3.05) is 6.54 Å². The number of nitrogens with one attached hydrogen (secondary N) is 1. The first kappa shape index (κ1) is 8.63. The molecular weight excluding hydrogens is 172 g/mol. The van der Waals surface area contributed by atoms with E-state index in [0.717, 1.165) is 5.56 Å². The smallest absolute Gasteiger partial charge is 0.148 e. The molecule has 0 aromatic heterocycles. The lowest BCUT2D eigenvalue weighted by Crippen LogP contribution is -2.38. The zero-order valence-corrected chi connectivity index (χ0v) is 7.40. The molecule has 1 atom stereocenters. The number of hydrogen-bond acceptors (Lipinski definition) is 1. The van der Waals surface area contributed by atoms with Crippen molar-refractivity contribution in [2.45, 2.75) is 19.1 Å². The van der Waals surface area contributed by atoms with Gasteiger partial charge in [-0.05, 0) is 18.6 Å². The second kappa shape index (κ2) is 2.77. The highest BCUT2D eigenvalue weighted by Gasteiger charge is 2.34. The molecule has 1 heterocycles. The number of rotatable bonds is 0. The number of fused-ring (bicyclic) bond motifs is 1. The summed E-state index contributed by atoms with van der Waals surface area (Å²) in [5.74, 6) is -0.441. The Labute approximate surface area is 75.8 Å². The SMILES string of the molecule is CC1(F)CNCc2cccc(F)c21. The van der Waals surface area contributed by atoms with E-state index in [9.17, 15) is 8.78 Å². The number of halogens is 2. The lowest BCUT2D eigenvalue weighted by atomic mass is 9.89. The van der Waals surface area contributed by atoms with Crippen molar-refractivity contribution in [1.29, 1.82) is 0 Å². The summed E-state index contributed by atoms with van der Waals surface area (Å²) in [6.45, 7) is 2.13. The maximum atomic E-state index is 13.8. The van der Waals surface area contributed by atoms with Gasteiger partial charge in [0.2, 0.25) is 0 Å². The Bertz CT molecular complexity index is 334. The van der Waals surface area contributed by atoms with Crippen LogP contribution < -0.4 is 5.32 Å². The molecule has 0 spiro atoms. The van der Waals surface area contributed by atoms with Crippen molar-refractivity contribution in [3.63, 3.8) is 0 Å². The molecule has 1 N–H and O–H groups in total. The van der Waals surface area contributed by atoms with E-state index in [4.69, 9.17) is 0 Å². The van der Waals surface area contributed by atoms with E-state index in [-0.39, 0.29) is 12.1 Å². The summed E-state index contributed by atoms with van der Waals surface area (Å²) in [5, 5.41) is 2.92. The second-order valence-corrected chi connectivity index (χ2v) is 3.57. The first-order valence-corrected chi connectivity index (χ1v) is 4.29. The molecule has 3 heteroatoms. The van der Waals surface area contributed by atoms with Gasteiger partial charge in [-0.2, -0.15) is 0 Å². The van der Waals surface area contributed by atoms with E-state index < -0.39 is 11.5 Å². The molecule has 1 aliphatic heterocycles. The number of benzene rings is 1. The van der Waals surface area contributed by atoms with Crippen molar-refractivity contribution in [3.05, 3.63) is 35.1 Å². The quantitative estimate of drug-likeness (QED) is 0.649. The van der Waals surface area contributed by atoms with Gasteiger partial charge in [0.05, 0.1) is 0 Å². The van der Waals surface area contributed by atoms with E-state index >= 15 is 0 Å².